The molecular formula is C15H20F2O9. The largest absolute Gasteiger partial charge is 0.456 e. The van der Waals surface area contributed by atoms with Crippen LogP contribution < -0.4 is 0 Å². The van der Waals surface area contributed by atoms with Crippen molar-refractivity contribution in [2.45, 2.75) is 71.2 Å². The highest BCUT2D eigenvalue weighted by Crippen LogP contribution is 2.32. The summed E-state index contributed by atoms with van der Waals surface area (Å²) < 4.78 is 50.9. The highest BCUT2D eigenvalue weighted by atomic mass is 19.3. The van der Waals surface area contributed by atoms with Gasteiger partial charge in [0.25, 0.3) is 0 Å². The molecule has 1 fully saturated rings. The Morgan fingerprint density at radius 3 is 1.62 bits per heavy atom. The maximum atomic E-state index is 12.9. The van der Waals surface area contributed by atoms with Gasteiger partial charge in [-0.15, -0.1) is 0 Å². The molecule has 0 radical (unpaired) electrons. The van der Waals surface area contributed by atoms with Crippen LogP contribution in [0.5, 0.6) is 0 Å². The summed E-state index contributed by atoms with van der Waals surface area (Å²) in [7, 11) is 0. The van der Waals surface area contributed by atoms with Gasteiger partial charge in [-0.3, -0.25) is 19.2 Å². The molecule has 0 aromatic carbocycles. The van der Waals surface area contributed by atoms with E-state index in [0.29, 0.717) is 0 Å². The molecule has 148 valence electrons. The molecule has 0 bridgehead atoms. The Bertz CT molecular complexity index is 551. The Hall–Kier alpha value is -2.30. The van der Waals surface area contributed by atoms with Crippen LogP contribution in [0.3, 0.4) is 0 Å². The molecule has 0 aliphatic carbocycles. The average molecular weight is 382 g/mol. The second kappa shape index (κ2) is 9.41. The van der Waals surface area contributed by atoms with Crippen molar-refractivity contribution >= 4 is 23.9 Å². The maximum absolute atomic E-state index is 12.9. The van der Waals surface area contributed by atoms with Gasteiger partial charge in [-0.2, -0.15) is 0 Å². The molecule has 0 N–H and O–H groups in total. The first kappa shape index (κ1) is 21.7. The van der Waals surface area contributed by atoms with Gasteiger partial charge in [0.15, 0.2) is 12.2 Å². The van der Waals surface area contributed by atoms with Gasteiger partial charge in [0, 0.05) is 34.1 Å². The Morgan fingerprint density at radius 1 is 0.769 bits per heavy atom. The first-order valence-electron chi connectivity index (χ1n) is 7.63. The van der Waals surface area contributed by atoms with Crippen LogP contribution in [0.1, 0.15) is 34.1 Å². The zero-order valence-corrected chi connectivity index (χ0v) is 14.6. The van der Waals surface area contributed by atoms with Crippen molar-refractivity contribution in [1.82, 2.24) is 0 Å². The quantitative estimate of drug-likeness (QED) is 0.484. The highest BCUT2D eigenvalue weighted by Gasteiger charge is 2.53. The van der Waals surface area contributed by atoms with Crippen molar-refractivity contribution in [3.05, 3.63) is 0 Å². The third-order valence-corrected chi connectivity index (χ3v) is 3.19. The third kappa shape index (κ3) is 6.54. The molecule has 0 aromatic rings. The predicted molar refractivity (Wildman–Crippen MR) is 77.7 cm³/mol. The monoisotopic (exact) mass is 382 g/mol. The molecule has 1 aliphatic heterocycles. The first-order valence-corrected chi connectivity index (χ1v) is 7.63. The van der Waals surface area contributed by atoms with Crippen molar-refractivity contribution in [1.29, 1.82) is 0 Å². The molecule has 0 spiro atoms. The second-order valence-corrected chi connectivity index (χ2v) is 5.50. The molecule has 26 heavy (non-hydrogen) atoms. The fraction of sp³-hybridized carbons (Fsp3) is 0.733. The Kier molecular flexibility index (Phi) is 7.87. The van der Waals surface area contributed by atoms with Crippen LogP contribution in [0.4, 0.5) is 8.78 Å². The van der Waals surface area contributed by atoms with Crippen LogP contribution in [0.2, 0.25) is 0 Å². The lowest BCUT2D eigenvalue weighted by atomic mass is 9.96. The van der Waals surface area contributed by atoms with E-state index in [-0.39, 0.29) is 0 Å². The minimum Gasteiger partial charge on any atom is -0.456 e. The summed E-state index contributed by atoms with van der Waals surface area (Å²) in [6.07, 6.45) is -11.4. The fourth-order valence-electron chi connectivity index (χ4n) is 2.48. The molecule has 1 aliphatic rings. The van der Waals surface area contributed by atoms with Gasteiger partial charge in [-0.1, -0.05) is 0 Å². The third-order valence-electron chi connectivity index (χ3n) is 3.19. The van der Waals surface area contributed by atoms with E-state index < -0.39 is 67.4 Å². The van der Waals surface area contributed by atoms with Gasteiger partial charge in [-0.25, -0.2) is 8.78 Å². The number of halogens is 2. The van der Waals surface area contributed by atoms with Gasteiger partial charge in [0.2, 0.25) is 18.8 Å². The summed E-state index contributed by atoms with van der Waals surface area (Å²) in [5.74, 6) is -3.41. The maximum Gasteiger partial charge on any atom is 0.305 e. The number of ether oxygens (including phenoxy) is 5. The number of rotatable bonds is 6. The van der Waals surface area contributed by atoms with Gasteiger partial charge < -0.3 is 23.7 Å². The van der Waals surface area contributed by atoms with Crippen molar-refractivity contribution in [3.63, 3.8) is 0 Å². The summed E-state index contributed by atoms with van der Waals surface area (Å²) in [5, 5.41) is 0. The highest BCUT2D eigenvalue weighted by molar-refractivity contribution is 5.69. The van der Waals surface area contributed by atoms with E-state index in [9.17, 15) is 28.0 Å². The van der Waals surface area contributed by atoms with E-state index in [4.69, 9.17) is 23.7 Å². The molecule has 0 saturated carbocycles. The second-order valence-electron chi connectivity index (χ2n) is 5.50. The van der Waals surface area contributed by atoms with Crippen molar-refractivity contribution in [3.8, 4) is 0 Å². The van der Waals surface area contributed by atoms with E-state index in [2.05, 4.69) is 0 Å². The summed E-state index contributed by atoms with van der Waals surface area (Å²) in [6.45, 7) is 4.09. The van der Waals surface area contributed by atoms with E-state index in [1.54, 1.807) is 0 Å². The van der Waals surface area contributed by atoms with Crippen LogP contribution in [0, 0.1) is 0 Å². The van der Waals surface area contributed by atoms with Crippen molar-refractivity contribution in [2.24, 2.45) is 0 Å². The first-order chi connectivity index (χ1) is 12.0. The summed E-state index contributed by atoms with van der Waals surface area (Å²) >= 11 is 0. The average Bonchev–Trinajstić information content (AvgIpc) is 2.44. The number of carbonyl (C=O) groups excluding carboxylic acids is 4. The number of hydrogen-bond acceptors (Lipinski definition) is 9. The van der Waals surface area contributed by atoms with E-state index in [1.165, 1.54) is 0 Å². The molecule has 5 atom stereocenters. The molecule has 1 rings (SSSR count). The molecule has 0 amide bonds. The Morgan fingerprint density at radius 2 is 1.19 bits per heavy atom. The molecule has 11 heteroatoms. The number of esters is 4. The number of hydrogen-bond donors (Lipinski definition) is 0. The summed E-state index contributed by atoms with van der Waals surface area (Å²) in [5.41, 5.74) is 0. The predicted octanol–water partition coefficient (Wildman–Crippen LogP) is 0.725. The van der Waals surface area contributed by atoms with Crippen LogP contribution in [0.25, 0.3) is 0 Å². The fourth-order valence-corrected chi connectivity index (χ4v) is 2.48. The lowest BCUT2D eigenvalue weighted by Crippen LogP contribution is -2.62. The smallest absolute Gasteiger partial charge is 0.305 e. The summed E-state index contributed by atoms with van der Waals surface area (Å²) in [6, 6.07) is 0. The van der Waals surface area contributed by atoms with Crippen molar-refractivity contribution < 1.29 is 51.6 Å². The lowest BCUT2D eigenvalue weighted by Gasteiger charge is -2.43. The topological polar surface area (TPSA) is 114 Å². The zero-order valence-electron chi connectivity index (χ0n) is 14.6. The Balaban J connectivity index is 3.30. The van der Waals surface area contributed by atoms with Crippen LogP contribution in [0.15, 0.2) is 0 Å². The minimum atomic E-state index is -2.86. The van der Waals surface area contributed by atoms with E-state index in [0.717, 1.165) is 27.7 Å². The number of alkyl halides is 2. The van der Waals surface area contributed by atoms with Gasteiger partial charge in [0.05, 0.1) is 0 Å². The van der Waals surface area contributed by atoms with Crippen LogP contribution in [-0.2, 0) is 42.9 Å². The molecule has 0 aromatic heterocycles. The molecule has 1 heterocycles. The Labute approximate surface area is 147 Å². The minimum absolute atomic E-state index is 0.846. The SMILES string of the molecule is CC(=O)OC1O[C@@H](CC(F)F)[C@@H](OC(C)=O)[C@@H](OC(C)=O)[C@@H]1OC(C)=O. The standard InChI is InChI=1S/C15H20F2O9/c1-6(18)22-12-10(5-11(16)17)26-15(25-9(4)21)14(24-8(3)20)13(12)23-7(2)19/h10-15H,5H2,1-4H3/t10-,12+,13+,14-,15?/m0/s1. The lowest BCUT2D eigenvalue weighted by molar-refractivity contribution is -0.299. The van der Waals surface area contributed by atoms with Crippen LogP contribution in [-0.4, -0.2) is 61.0 Å². The number of carbonyl (C=O) groups is 4. The van der Waals surface area contributed by atoms with Gasteiger partial charge in [0.1, 0.15) is 6.10 Å². The summed E-state index contributed by atoms with van der Waals surface area (Å²) in [4.78, 5) is 45.4. The van der Waals surface area contributed by atoms with Crippen molar-refractivity contribution in [2.75, 3.05) is 0 Å². The van der Waals surface area contributed by atoms with Crippen LogP contribution >= 0.6 is 0 Å². The molecule has 9 nitrogen and oxygen atoms in total. The molecule has 1 unspecified atom stereocenters. The zero-order chi connectivity index (χ0) is 20.0. The van der Waals surface area contributed by atoms with Gasteiger partial charge in [-0.05, 0) is 0 Å². The van der Waals surface area contributed by atoms with Gasteiger partial charge >= 0.3 is 23.9 Å². The molecule has 1 saturated heterocycles. The van der Waals surface area contributed by atoms with E-state index in [1.807, 2.05) is 0 Å². The normalized spacial score (nSPS) is 28.2. The molecular weight excluding hydrogens is 362 g/mol. The van der Waals surface area contributed by atoms with E-state index >= 15 is 0 Å².